The van der Waals surface area contributed by atoms with E-state index in [9.17, 15) is 18.4 Å². The lowest BCUT2D eigenvalue weighted by molar-refractivity contribution is 0.0991. The summed E-state index contributed by atoms with van der Waals surface area (Å²) in [6.07, 6.45) is 1.33. The van der Waals surface area contributed by atoms with E-state index in [1.807, 2.05) is 0 Å². The van der Waals surface area contributed by atoms with Crippen molar-refractivity contribution in [3.8, 4) is 23.1 Å². The van der Waals surface area contributed by atoms with Gasteiger partial charge in [-0.1, -0.05) is 6.07 Å². The van der Waals surface area contributed by atoms with Crippen molar-refractivity contribution >= 4 is 16.8 Å². The second-order valence-corrected chi connectivity index (χ2v) is 8.50. The van der Waals surface area contributed by atoms with Gasteiger partial charge in [0, 0.05) is 36.1 Å². The molecule has 5 aromatic rings. The number of ether oxygens (including phenoxy) is 2. The van der Waals surface area contributed by atoms with Crippen molar-refractivity contribution in [1.29, 1.82) is 0 Å². The van der Waals surface area contributed by atoms with Gasteiger partial charge in [0.15, 0.2) is 23.1 Å². The van der Waals surface area contributed by atoms with E-state index in [1.165, 1.54) is 60.3 Å². The molecule has 0 radical (unpaired) electrons. The van der Waals surface area contributed by atoms with Crippen molar-refractivity contribution in [3.05, 3.63) is 118 Å². The minimum absolute atomic E-state index is 0.0519. The fourth-order valence-corrected chi connectivity index (χ4v) is 4.07. The number of methoxy groups -OCH3 is 1. The molecule has 2 aromatic carbocycles. The second kappa shape index (κ2) is 10.2. The summed E-state index contributed by atoms with van der Waals surface area (Å²) < 4.78 is 40.6. The highest BCUT2D eigenvalue weighted by atomic mass is 19.1. The maximum atomic E-state index is 15.0. The minimum Gasteiger partial charge on any atom is -0.481 e. The van der Waals surface area contributed by atoms with Crippen LogP contribution >= 0.6 is 0 Å². The maximum absolute atomic E-state index is 15.0. The van der Waals surface area contributed by atoms with Crippen molar-refractivity contribution in [2.45, 2.75) is 13.3 Å². The topological polar surface area (TPSA) is 83.3 Å². The summed E-state index contributed by atoms with van der Waals surface area (Å²) in [5.41, 5.74) is 1.76. The van der Waals surface area contributed by atoms with Crippen LogP contribution in [-0.2, 0) is 6.42 Å². The molecule has 0 aliphatic rings. The normalized spacial score (nSPS) is 10.9. The van der Waals surface area contributed by atoms with Gasteiger partial charge in [0.2, 0.25) is 5.88 Å². The third-order valence-corrected chi connectivity index (χ3v) is 5.97. The standard InChI is InChI=1S/C29H21F2N3O4/c1-17-3-9-21(29(36)34(17)20-7-5-19(30)6-8-20)24(35)16-18-4-11-25(22(31)15-18)38-26-13-14-32-23-10-12-27(37-2)33-28(23)26/h3-15H,16H2,1-2H3. The molecule has 3 heterocycles. The lowest BCUT2D eigenvalue weighted by atomic mass is 10.0. The third-order valence-electron chi connectivity index (χ3n) is 5.97. The van der Waals surface area contributed by atoms with Gasteiger partial charge >= 0.3 is 0 Å². The lowest BCUT2D eigenvalue weighted by Crippen LogP contribution is -2.27. The van der Waals surface area contributed by atoms with E-state index in [2.05, 4.69) is 9.97 Å². The third kappa shape index (κ3) is 4.86. The Morgan fingerprint density at radius 1 is 0.947 bits per heavy atom. The molecule has 190 valence electrons. The number of fused-ring (bicyclic) bond motifs is 1. The van der Waals surface area contributed by atoms with E-state index in [0.717, 1.165) is 0 Å². The summed E-state index contributed by atoms with van der Waals surface area (Å²) in [7, 11) is 1.49. The molecule has 0 aliphatic heterocycles. The first kappa shape index (κ1) is 24.8. The van der Waals surface area contributed by atoms with Crippen LogP contribution in [0.25, 0.3) is 16.7 Å². The van der Waals surface area contributed by atoms with Gasteiger partial charge in [-0.2, -0.15) is 0 Å². The Kier molecular flexibility index (Phi) is 6.66. The number of nitrogens with zero attached hydrogens (tertiary/aromatic N) is 3. The van der Waals surface area contributed by atoms with E-state index < -0.39 is 23.0 Å². The minimum atomic E-state index is -0.684. The number of hydrogen-bond donors (Lipinski definition) is 0. The zero-order valence-electron chi connectivity index (χ0n) is 20.4. The molecule has 7 nitrogen and oxygen atoms in total. The van der Waals surface area contributed by atoms with Crippen LogP contribution in [0, 0.1) is 18.6 Å². The first-order valence-electron chi connectivity index (χ1n) is 11.6. The highest BCUT2D eigenvalue weighted by Gasteiger charge is 2.17. The van der Waals surface area contributed by atoms with Crippen molar-refractivity contribution in [2.24, 2.45) is 0 Å². The van der Waals surface area contributed by atoms with Gasteiger partial charge in [-0.3, -0.25) is 19.1 Å². The molecule has 5 rings (SSSR count). The molecule has 0 atom stereocenters. The van der Waals surface area contributed by atoms with E-state index in [-0.39, 0.29) is 23.5 Å². The molecule has 3 aromatic heterocycles. The molecule has 0 saturated heterocycles. The Hall–Kier alpha value is -4.92. The number of aromatic nitrogens is 3. The van der Waals surface area contributed by atoms with Crippen molar-refractivity contribution in [2.75, 3.05) is 7.11 Å². The highest BCUT2D eigenvalue weighted by Crippen LogP contribution is 2.31. The first-order chi connectivity index (χ1) is 18.3. The maximum Gasteiger partial charge on any atom is 0.266 e. The van der Waals surface area contributed by atoms with Gasteiger partial charge in [0.05, 0.1) is 18.2 Å². The van der Waals surface area contributed by atoms with Gasteiger partial charge in [-0.25, -0.2) is 13.8 Å². The molecule has 0 fully saturated rings. The van der Waals surface area contributed by atoms with E-state index in [0.29, 0.717) is 33.9 Å². The number of carbonyl (C=O) groups excluding carboxylic acids is 1. The summed E-state index contributed by atoms with van der Waals surface area (Å²) in [5, 5.41) is 0. The highest BCUT2D eigenvalue weighted by molar-refractivity contribution is 5.97. The van der Waals surface area contributed by atoms with Crippen LogP contribution in [0.3, 0.4) is 0 Å². The molecular formula is C29H21F2N3O4. The zero-order chi connectivity index (χ0) is 26.8. The number of carbonyl (C=O) groups is 1. The Morgan fingerprint density at radius 3 is 2.47 bits per heavy atom. The van der Waals surface area contributed by atoms with Gasteiger partial charge < -0.3 is 9.47 Å². The van der Waals surface area contributed by atoms with Crippen molar-refractivity contribution in [1.82, 2.24) is 14.5 Å². The van der Waals surface area contributed by atoms with Crippen LogP contribution < -0.4 is 15.0 Å². The smallest absolute Gasteiger partial charge is 0.266 e. The largest absolute Gasteiger partial charge is 0.481 e. The van der Waals surface area contributed by atoms with Crippen LogP contribution in [-0.4, -0.2) is 27.4 Å². The zero-order valence-corrected chi connectivity index (χ0v) is 20.4. The van der Waals surface area contributed by atoms with Gasteiger partial charge in [-0.15, -0.1) is 0 Å². The number of ketones is 1. The average molecular weight is 514 g/mol. The number of hydrogen-bond acceptors (Lipinski definition) is 6. The Labute approximate surface area is 215 Å². The SMILES string of the molecule is COc1ccc2nccc(Oc3ccc(CC(=O)c4ccc(C)n(-c5ccc(F)cc5)c4=O)cc3F)c2n1. The Balaban J connectivity index is 1.39. The quantitative estimate of drug-likeness (QED) is 0.264. The monoisotopic (exact) mass is 513 g/mol. The number of aryl methyl sites for hydroxylation is 1. The second-order valence-electron chi connectivity index (χ2n) is 8.50. The molecule has 38 heavy (non-hydrogen) atoms. The van der Waals surface area contributed by atoms with Crippen LogP contribution in [0.1, 0.15) is 21.6 Å². The number of benzene rings is 2. The van der Waals surface area contributed by atoms with E-state index >= 15 is 0 Å². The van der Waals surface area contributed by atoms with E-state index in [1.54, 1.807) is 37.3 Å². The molecule has 0 unspecified atom stereocenters. The number of rotatable bonds is 7. The fraction of sp³-hybridized carbons (Fsp3) is 0.103. The lowest BCUT2D eigenvalue weighted by Gasteiger charge is -2.12. The van der Waals surface area contributed by atoms with Gasteiger partial charge in [0.25, 0.3) is 5.56 Å². The van der Waals surface area contributed by atoms with Crippen molar-refractivity contribution < 1.29 is 23.0 Å². The number of Topliss-reactive ketones (excluding diaryl/α,β-unsaturated/α-hetero) is 1. The predicted octanol–water partition coefficient (Wildman–Crippen LogP) is 5.59. The van der Waals surface area contributed by atoms with Gasteiger partial charge in [0.1, 0.15) is 11.3 Å². The van der Waals surface area contributed by atoms with Crippen LogP contribution in [0.15, 0.2) is 83.8 Å². The summed E-state index contributed by atoms with van der Waals surface area (Å²) in [4.78, 5) is 34.7. The number of halogens is 2. The van der Waals surface area contributed by atoms with Crippen LogP contribution in [0.5, 0.6) is 17.4 Å². The number of pyridine rings is 3. The van der Waals surface area contributed by atoms with Gasteiger partial charge in [-0.05, 0) is 67.1 Å². The fourth-order valence-electron chi connectivity index (χ4n) is 4.07. The van der Waals surface area contributed by atoms with Crippen LogP contribution in [0.4, 0.5) is 8.78 Å². The molecule has 0 N–H and O–H groups in total. The molecular weight excluding hydrogens is 492 g/mol. The average Bonchev–Trinajstić information content (AvgIpc) is 2.91. The Morgan fingerprint density at radius 2 is 1.74 bits per heavy atom. The predicted molar refractivity (Wildman–Crippen MR) is 137 cm³/mol. The molecule has 0 spiro atoms. The first-order valence-corrected chi connectivity index (χ1v) is 11.6. The Bertz CT molecular complexity index is 1730. The van der Waals surface area contributed by atoms with Crippen molar-refractivity contribution in [3.63, 3.8) is 0 Å². The summed E-state index contributed by atoms with van der Waals surface area (Å²) in [5.74, 6) is -1.01. The molecule has 0 amide bonds. The summed E-state index contributed by atoms with van der Waals surface area (Å²) in [6.45, 7) is 1.71. The molecule has 0 bridgehead atoms. The van der Waals surface area contributed by atoms with E-state index in [4.69, 9.17) is 9.47 Å². The molecule has 9 heteroatoms. The van der Waals surface area contributed by atoms with Crippen LogP contribution in [0.2, 0.25) is 0 Å². The summed E-state index contributed by atoms with van der Waals surface area (Å²) in [6, 6.07) is 17.6. The summed E-state index contributed by atoms with van der Waals surface area (Å²) >= 11 is 0. The molecule has 0 aliphatic carbocycles. The molecule has 0 saturated carbocycles.